The molecule has 7 heteroatoms. The molecule has 212 valence electrons. The summed E-state index contributed by atoms with van der Waals surface area (Å²) in [4.78, 5) is 29.0. The Morgan fingerprint density at radius 1 is 0.675 bits per heavy atom. The highest BCUT2D eigenvalue weighted by Gasteiger charge is 2.09. The van der Waals surface area contributed by atoms with E-state index in [4.69, 9.17) is 18.9 Å². The first-order valence-corrected chi connectivity index (χ1v) is 14.0. The van der Waals surface area contributed by atoms with E-state index in [2.05, 4.69) is 11.9 Å². The lowest BCUT2D eigenvalue weighted by Crippen LogP contribution is -2.10. The van der Waals surface area contributed by atoms with Gasteiger partial charge in [-0.2, -0.15) is 0 Å². The van der Waals surface area contributed by atoms with E-state index < -0.39 is 11.9 Å². The van der Waals surface area contributed by atoms with Gasteiger partial charge in [-0.05, 0) is 91.7 Å². The van der Waals surface area contributed by atoms with E-state index >= 15 is 0 Å². The van der Waals surface area contributed by atoms with Crippen LogP contribution in [0.2, 0.25) is 0 Å². The smallest absolute Gasteiger partial charge is 0.343 e. The van der Waals surface area contributed by atoms with Crippen molar-refractivity contribution < 1.29 is 28.5 Å². The summed E-state index contributed by atoms with van der Waals surface area (Å²) in [7, 11) is 0. The Morgan fingerprint density at radius 3 is 2.00 bits per heavy atom. The van der Waals surface area contributed by atoms with E-state index in [1.54, 1.807) is 66.9 Å². The Labute approximate surface area is 237 Å². The van der Waals surface area contributed by atoms with Gasteiger partial charge in [-0.3, -0.25) is 4.99 Å². The molecule has 0 heterocycles. The van der Waals surface area contributed by atoms with Crippen LogP contribution < -0.4 is 9.47 Å². The fourth-order valence-corrected chi connectivity index (χ4v) is 3.80. The highest BCUT2D eigenvalue weighted by Crippen LogP contribution is 2.18. The summed E-state index contributed by atoms with van der Waals surface area (Å²) in [5.41, 5.74) is 2.45. The summed E-state index contributed by atoms with van der Waals surface area (Å²) in [5, 5.41) is 0. The monoisotopic (exact) mass is 545 g/mol. The lowest BCUT2D eigenvalue weighted by atomic mass is 10.1. The van der Waals surface area contributed by atoms with E-state index in [1.807, 2.05) is 19.1 Å². The number of nitrogens with zero attached hydrogens (tertiary/aromatic N) is 1. The zero-order valence-electron chi connectivity index (χ0n) is 23.5. The molecular weight excluding hydrogens is 506 g/mol. The van der Waals surface area contributed by atoms with Gasteiger partial charge in [0.15, 0.2) is 0 Å². The molecule has 0 amide bonds. The standard InChI is InChI=1S/C33H39NO6/c1-3-5-6-7-8-9-22-38-30-20-14-28(15-21-30)33(36)40-31-18-10-26(11-19-31)25-34-29-16-12-27(13-17-29)32(35)39-24-23-37-4-2/h10-21,25H,3-9,22-24H2,1-2H3. The van der Waals surface area contributed by atoms with Gasteiger partial charge in [0.05, 0.1) is 30.0 Å². The maximum atomic E-state index is 12.5. The molecule has 7 nitrogen and oxygen atoms in total. The molecule has 0 aliphatic carbocycles. The van der Waals surface area contributed by atoms with Gasteiger partial charge in [0.2, 0.25) is 0 Å². The molecule has 0 radical (unpaired) electrons. The molecule has 0 saturated carbocycles. The van der Waals surface area contributed by atoms with Crippen molar-refractivity contribution >= 4 is 23.8 Å². The van der Waals surface area contributed by atoms with Gasteiger partial charge in [0.25, 0.3) is 0 Å². The number of unbranched alkanes of at least 4 members (excludes halogenated alkanes) is 5. The van der Waals surface area contributed by atoms with Crippen molar-refractivity contribution in [3.8, 4) is 11.5 Å². The van der Waals surface area contributed by atoms with Gasteiger partial charge in [-0.25, -0.2) is 9.59 Å². The Hall–Kier alpha value is -3.97. The SMILES string of the molecule is CCCCCCCCOc1ccc(C(=O)Oc2ccc(C=Nc3ccc(C(=O)OCCOCC)cc3)cc2)cc1. The van der Waals surface area contributed by atoms with Crippen LogP contribution in [0.4, 0.5) is 5.69 Å². The highest BCUT2D eigenvalue weighted by atomic mass is 16.6. The molecule has 0 N–H and O–H groups in total. The first kappa shape index (κ1) is 30.6. The molecule has 3 aromatic carbocycles. The van der Waals surface area contributed by atoms with Crippen molar-refractivity contribution in [2.24, 2.45) is 4.99 Å². The first-order valence-electron chi connectivity index (χ1n) is 14.0. The zero-order chi connectivity index (χ0) is 28.4. The van der Waals surface area contributed by atoms with Gasteiger partial charge >= 0.3 is 11.9 Å². The highest BCUT2D eigenvalue weighted by molar-refractivity contribution is 5.91. The first-order chi connectivity index (χ1) is 19.6. The van der Waals surface area contributed by atoms with Crippen LogP contribution in [0.5, 0.6) is 11.5 Å². The summed E-state index contributed by atoms with van der Waals surface area (Å²) >= 11 is 0. The number of esters is 2. The number of hydrogen-bond donors (Lipinski definition) is 0. The maximum Gasteiger partial charge on any atom is 0.343 e. The largest absolute Gasteiger partial charge is 0.494 e. The summed E-state index contributed by atoms with van der Waals surface area (Å²) in [5.74, 6) is 0.368. The Kier molecular flexibility index (Phi) is 13.4. The fourth-order valence-electron chi connectivity index (χ4n) is 3.80. The minimum absolute atomic E-state index is 0.221. The van der Waals surface area contributed by atoms with Crippen LogP contribution in [-0.2, 0) is 9.47 Å². The third-order valence-electron chi connectivity index (χ3n) is 6.08. The summed E-state index contributed by atoms with van der Waals surface area (Å²) in [6.45, 7) is 5.97. The predicted molar refractivity (Wildman–Crippen MR) is 157 cm³/mol. The van der Waals surface area contributed by atoms with Crippen LogP contribution >= 0.6 is 0 Å². The van der Waals surface area contributed by atoms with E-state index in [9.17, 15) is 9.59 Å². The summed E-state index contributed by atoms with van der Waals surface area (Å²) < 4.78 is 21.6. The van der Waals surface area contributed by atoms with Crippen molar-refractivity contribution in [3.05, 3.63) is 89.5 Å². The van der Waals surface area contributed by atoms with Gasteiger partial charge in [-0.15, -0.1) is 0 Å². The Morgan fingerprint density at radius 2 is 1.30 bits per heavy atom. The Bertz CT molecular complexity index is 1190. The van der Waals surface area contributed by atoms with Crippen molar-refractivity contribution in [3.63, 3.8) is 0 Å². The number of ether oxygens (including phenoxy) is 4. The fraction of sp³-hybridized carbons (Fsp3) is 0.364. The topological polar surface area (TPSA) is 83.4 Å². The minimum atomic E-state index is -0.430. The van der Waals surface area contributed by atoms with E-state index in [1.165, 1.54) is 32.1 Å². The van der Waals surface area contributed by atoms with Crippen LogP contribution in [0.25, 0.3) is 0 Å². The molecule has 0 unspecified atom stereocenters. The second-order valence-corrected chi connectivity index (χ2v) is 9.24. The second kappa shape index (κ2) is 17.6. The van der Waals surface area contributed by atoms with Crippen molar-refractivity contribution in [1.29, 1.82) is 0 Å². The second-order valence-electron chi connectivity index (χ2n) is 9.24. The molecule has 0 aromatic heterocycles. The van der Waals surface area contributed by atoms with Gasteiger partial charge in [-0.1, -0.05) is 39.0 Å². The number of carbonyl (C=O) groups excluding carboxylic acids is 2. The van der Waals surface area contributed by atoms with Crippen LogP contribution in [0.15, 0.2) is 77.8 Å². The molecule has 0 aliphatic heterocycles. The number of rotatable bonds is 17. The molecule has 0 saturated heterocycles. The molecule has 0 atom stereocenters. The van der Waals surface area contributed by atoms with Crippen LogP contribution in [0.3, 0.4) is 0 Å². The molecule has 3 aromatic rings. The number of hydrogen-bond acceptors (Lipinski definition) is 7. The molecular formula is C33H39NO6. The lowest BCUT2D eigenvalue weighted by Gasteiger charge is -2.08. The molecule has 0 fully saturated rings. The molecule has 0 spiro atoms. The Balaban J connectivity index is 1.42. The van der Waals surface area contributed by atoms with Gasteiger partial charge in [0.1, 0.15) is 18.1 Å². The lowest BCUT2D eigenvalue weighted by molar-refractivity contribution is 0.0335. The molecule has 0 aliphatic rings. The average molecular weight is 546 g/mol. The maximum absolute atomic E-state index is 12.5. The van der Waals surface area contributed by atoms with Crippen molar-refractivity contribution in [2.75, 3.05) is 26.4 Å². The number of aliphatic imine (C=N–C) groups is 1. The molecule has 0 bridgehead atoms. The minimum Gasteiger partial charge on any atom is -0.494 e. The van der Waals surface area contributed by atoms with Crippen LogP contribution in [-0.4, -0.2) is 44.6 Å². The zero-order valence-corrected chi connectivity index (χ0v) is 23.5. The van der Waals surface area contributed by atoms with E-state index in [-0.39, 0.29) is 6.61 Å². The average Bonchev–Trinajstić information content (AvgIpc) is 2.99. The van der Waals surface area contributed by atoms with Crippen LogP contribution in [0, 0.1) is 0 Å². The molecule has 40 heavy (non-hydrogen) atoms. The summed E-state index contributed by atoms with van der Waals surface area (Å²) in [6.07, 6.45) is 8.99. The van der Waals surface area contributed by atoms with Crippen molar-refractivity contribution in [2.45, 2.75) is 52.4 Å². The summed E-state index contributed by atoms with van der Waals surface area (Å²) in [6, 6.07) is 20.9. The third-order valence-corrected chi connectivity index (χ3v) is 6.08. The van der Waals surface area contributed by atoms with Gasteiger partial charge in [0, 0.05) is 12.8 Å². The van der Waals surface area contributed by atoms with Crippen molar-refractivity contribution in [1.82, 2.24) is 0 Å². The van der Waals surface area contributed by atoms with E-state index in [0.29, 0.717) is 42.4 Å². The number of benzene rings is 3. The van der Waals surface area contributed by atoms with Crippen LogP contribution in [0.1, 0.15) is 78.7 Å². The van der Waals surface area contributed by atoms with E-state index in [0.717, 1.165) is 17.7 Å². The molecule has 3 rings (SSSR count). The quantitative estimate of drug-likeness (QED) is 0.0752. The normalized spacial score (nSPS) is 10.9. The van der Waals surface area contributed by atoms with Gasteiger partial charge < -0.3 is 18.9 Å². The number of carbonyl (C=O) groups is 2. The predicted octanol–water partition coefficient (Wildman–Crippen LogP) is 7.59. The third kappa shape index (κ3) is 11.0.